The van der Waals surface area contributed by atoms with Gasteiger partial charge in [0.2, 0.25) is 0 Å². The third kappa shape index (κ3) is 2.32. The van der Waals surface area contributed by atoms with E-state index in [0.717, 1.165) is 23.7 Å². The van der Waals surface area contributed by atoms with Crippen molar-refractivity contribution in [2.45, 2.75) is 33.1 Å². The van der Waals surface area contributed by atoms with E-state index in [-0.39, 0.29) is 5.41 Å². The topological polar surface area (TPSA) is 34.1 Å². The molecule has 0 aromatic heterocycles. The zero-order chi connectivity index (χ0) is 11.6. The Hall–Kier alpha value is -1.44. The van der Waals surface area contributed by atoms with Gasteiger partial charge in [0.1, 0.15) is 12.6 Å². The summed E-state index contributed by atoms with van der Waals surface area (Å²) in [6.07, 6.45) is 1.61. The first-order valence-corrected chi connectivity index (χ1v) is 4.95. The minimum atomic E-state index is -0.0524. The van der Waals surface area contributed by atoms with Crippen LogP contribution >= 0.6 is 0 Å². The molecule has 2 nitrogen and oxygen atoms in total. The van der Waals surface area contributed by atoms with Gasteiger partial charge in [0.05, 0.1) is 0 Å². The Bertz CT molecular complexity index is 368. The second-order valence-corrected chi connectivity index (χ2v) is 4.77. The Morgan fingerprint density at radius 2 is 1.40 bits per heavy atom. The molecule has 0 saturated heterocycles. The first-order valence-electron chi connectivity index (χ1n) is 4.95. The van der Waals surface area contributed by atoms with E-state index in [0.29, 0.717) is 11.1 Å². The van der Waals surface area contributed by atoms with Crippen LogP contribution in [0.4, 0.5) is 0 Å². The first-order chi connectivity index (χ1) is 6.90. The van der Waals surface area contributed by atoms with Gasteiger partial charge in [-0.3, -0.25) is 9.59 Å². The van der Waals surface area contributed by atoms with Crippen molar-refractivity contribution < 1.29 is 9.59 Å². The van der Waals surface area contributed by atoms with E-state index in [1.807, 2.05) is 12.1 Å². The fourth-order valence-corrected chi connectivity index (χ4v) is 1.44. The minimum Gasteiger partial charge on any atom is -0.298 e. The van der Waals surface area contributed by atoms with E-state index in [1.54, 1.807) is 6.92 Å². The van der Waals surface area contributed by atoms with Crippen LogP contribution in [0.5, 0.6) is 0 Å². The molecule has 15 heavy (non-hydrogen) atoms. The van der Waals surface area contributed by atoms with Crippen molar-refractivity contribution in [3.8, 4) is 0 Å². The molecular formula is C13H16O2. The molecule has 0 amide bonds. The van der Waals surface area contributed by atoms with Crippen molar-refractivity contribution in [2.75, 3.05) is 0 Å². The maximum absolute atomic E-state index is 10.9. The molecule has 0 fully saturated rings. The summed E-state index contributed by atoms with van der Waals surface area (Å²) in [5.41, 5.74) is 2.92. The lowest BCUT2D eigenvalue weighted by Gasteiger charge is -2.20. The highest BCUT2D eigenvalue weighted by atomic mass is 16.1. The average molecular weight is 204 g/mol. The molecule has 0 saturated carbocycles. The predicted octanol–water partition coefficient (Wildman–Crippen LogP) is 2.92. The summed E-state index contributed by atoms with van der Waals surface area (Å²) in [4.78, 5) is 21.7. The zero-order valence-electron chi connectivity index (χ0n) is 9.63. The minimum absolute atomic E-state index is 0.0524. The average Bonchev–Trinajstić information content (AvgIpc) is 2.16. The zero-order valence-corrected chi connectivity index (χ0v) is 9.63. The highest BCUT2D eigenvalue weighted by Gasteiger charge is 2.16. The fourth-order valence-electron chi connectivity index (χ4n) is 1.44. The van der Waals surface area contributed by atoms with Gasteiger partial charge in [0.15, 0.2) is 0 Å². The molecule has 0 bridgehead atoms. The molecule has 0 atom stereocenters. The molecule has 2 heteroatoms. The van der Waals surface area contributed by atoms with Crippen molar-refractivity contribution in [3.05, 3.63) is 34.4 Å². The molecule has 0 radical (unpaired) electrons. The number of rotatable bonds is 2. The van der Waals surface area contributed by atoms with E-state index in [2.05, 4.69) is 20.8 Å². The summed E-state index contributed by atoms with van der Waals surface area (Å²) in [6, 6.07) is 3.71. The van der Waals surface area contributed by atoms with E-state index < -0.39 is 0 Å². The maximum Gasteiger partial charge on any atom is 0.150 e. The number of carbonyl (C=O) groups is 2. The third-order valence-electron chi connectivity index (χ3n) is 2.61. The molecule has 0 spiro atoms. The third-order valence-corrected chi connectivity index (χ3v) is 2.61. The van der Waals surface area contributed by atoms with Crippen molar-refractivity contribution in [1.29, 1.82) is 0 Å². The summed E-state index contributed by atoms with van der Waals surface area (Å²) >= 11 is 0. The van der Waals surface area contributed by atoms with E-state index in [4.69, 9.17) is 0 Å². The fraction of sp³-hybridized carbons (Fsp3) is 0.385. The Balaban J connectivity index is 3.46. The number of carbonyl (C=O) groups excluding carboxylic acids is 2. The first kappa shape index (κ1) is 11.6. The number of aldehydes is 2. The van der Waals surface area contributed by atoms with Crippen molar-refractivity contribution >= 4 is 12.6 Å². The van der Waals surface area contributed by atoms with Crippen LogP contribution in [0.1, 0.15) is 52.6 Å². The van der Waals surface area contributed by atoms with Crippen LogP contribution < -0.4 is 0 Å². The highest BCUT2D eigenvalue weighted by molar-refractivity contribution is 5.86. The van der Waals surface area contributed by atoms with Crippen molar-refractivity contribution in [1.82, 2.24) is 0 Å². The van der Waals surface area contributed by atoms with Crippen LogP contribution in [0.15, 0.2) is 12.1 Å². The standard InChI is InChI=1S/C13H16O2/c1-9-10(7-14)5-12(13(2,3)4)6-11(9)8-15/h5-8H,1-4H3. The predicted molar refractivity (Wildman–Crippen MR) is 60.7 cm³/mol. The number of hydrogen-bond acceptors (Lipinski definition) is 2. The van der Waals surface area contributed by atoms with Gasteiger partial charge in [-0.05, 0) is 35.6 Å². The summed E-state index contributed by atoms with van der Waals surface area (Å²) in [6.45, 7) is 7.96. The molecule has 0 heterocycles. The SMILES string of the molecule is Cc1c(C=O)cc(C(C)(C)C)cc1C=O. The molecule has 0 aliphatic carbocycles. The molecule has 0 aliphatic heterocycles. The van der Waals surface area contributed by atoms with Gasteiger partial charge in [-0.1, -0.05) is 20.8 Å². The van der Waals surface area contributed by atoms with Gasteiger partial charge in [-0.15, -0.1) is 0 Å². The number of benzene rings is 1. The molecule has 0 unspecified atom stereocenters. The lowest BCUT2D eigenvalue weighted by molar-refractivity contribution is 0.112. The quantitative estimate of drug-likeness (QED) is 0.694. The van der Waals surface area contributed by atoms with Gasteiger partial charge < -0.3 is 0 Å². The summed E-state index contributed by atoms with van der Waals surface area (Å²) in [5.74, 6) is 0. The molecule has 0 aliphatic rings. The monoisotopic (exact) mass is 204 g/mol. The van der Waals surface area contributed by atoms with E-state index in [9.17, 15) is 9.59 Å². The van der Waals surface area contributed by atoms with Crippen LogP contribution in [-0.4, -0.2) is 12.6 Å². The Kier molecular flexibility index (Phi) is 3.08. The molecule has 1 aromatic carbocycles. The second kappa shape index (κ2) is 3.97. The normalized spacial score (nSPS) is 11.2. The van der Waals surface area contributed by atoms with Crippen LogP contribution in [0, 0.1) is 6.92 Å². The molecule has 1 rings (SSSR count). The summed E-state index contributed by atoms with van der Waals surface area (Å²) in [5, 5.41) is 0. The van der Waals surface area contributed by atoms with Gasteiger partial charge in [0.25, 0.3) is 0 Å². The number of hydrogen-bond donors (Lipinski definition) is 0. The van der Waals surface area contributed by atoms with Gasteiger partial charge in [-0.25, -0.2) is 0 Å². The van der Waals surface area contributed by atoms with Crippen molar-refractivity contribution in [2.24, 2.45) is 0 Å². The van der Waals surface area contributed by atoms with Crippen LogP contribution in [0.2, 0.25) is 0 Å². The van der Waals surface area contributed by atoms with E-state index in [1.165, 1.54) is 0 Å². The van der Waals surface area contributed by atoms with Gasteiger partial charge >= 0.3 is 0 Å². The summed E-state index contributed by atoms with van der Waals surface area (Å²) < 4.78 is 0. The van der Waals surface area contributed by atoms with Crippen LogP contribution in [0.25, 0.3) is 0 Å². The molecular weight excluding hydrogens is 188 g/mol. The Morgan fingerprint density at radius 3 is 1.67 bits per heavy atom. The second-order valence-electron chi connectivity index (χ2n) is 4.77. The maximum atomic E-state index is 10.9. The largest absolute Gasteiger partial charge is 0.298 e. The molecule has 1 aromatic rings. The lowest BCUT2D eigenvalue weighted by Crippen LogP contribution is -2.13. The van der Waals surface area contributed by atoms with Crippen LogP contribution in [-0.2, 0) is 5.41 Å². The van der Waals surface area contributed by atoms with Gasteiger partial charge in [-0.2, -0.15) is 0 Å². The van der Waals surface area contributed by atoms with Crippen LogP contribution in [0.3, 0.4) is 0 Å². The lowest BCUT2D eigenvalue weighted by atomic mass is 9.84. The highest BCUT2D eigenvalue weighted by Crippen LogP contribution is 2.25. The van der Waals surface area contributed by atoms with Gasteiger partial charge in [0, 0.05) is 11.1 Å². The Labute approximate surface area is 90.3 Å². The Morgan fingerprint density at radius 1 is 1.00 bits per heavy atom. The van der Waals surface area contributed by atoms with E-state index >= 15 is 0 Å². The molecule has 80 valence electrons. The summed E-state index contributed by atoms with van der Waals surface area (Å²) in [7, 11) is 0. The molecule has 0 N–H and O–H groups in total. The smallest absolute Gasteiger partial charge is 0.150 e. The van der Waals surface area contributed by atoms with Crippen molar-refractivity contribution in [3.63, 3.8) is 0 Å².